The molecule has 0 radical (unpaired) electrons. The maximum Gasteiger partial charge on any atom is 0.0967 e. The van der Waals surface area contributed by atoms with E-state index in [2.05, 4.69) is 33.2 Å². The van der Waals surface area contributed by atoms with Gasteiger partial charge in [0.15, 0.2) is 0 Å². The van der Waals surface area contributed by atoms with Crippen LogP contribution in [0.2, 0.25) is 0 Å². The highest BCUT2D eigenvalue weighted by Gasteiger charge is 2.25. The van der Waals surface area contributed by atoms with Crippen LogP contribution in [-0.2, 0) is 13.1 Å². The summed E-state index contributed by atoms with van der Waals surface area (Å²) in [5, 5.41) is 17.9. The summed E-state index contributed by atoms with van der Waals surface area (Å²) in [6.45, 7) is 9.38. The minimum atomic E-state index is -0.146. The molecule has 0 spiro atoms. The second-order valence-electron chi connectivity index (χ2n) is 7.63. The van der Waals surface area contributed by atoms with E-state index in [9.17, 15) is 5.11 Å². The average molecular weight is 335 g/mol. The molecule has 0 bridgehead atoms. The maximum absolute atomic E-state index is 9.33. The van der Waals surface area contributed by atoms with E-state index in [0.29, 0.717) is 0 Å². The minimum absolute atomic E-state index is 0.146. The molecule has 0 saturated carbocycles. The lowest BCUT2D eigenvalue weighted by atomic mass is 9.96. The molecule has 0 amide bonds. The molecule has 1 N–H and O–H groups in total. The first-order valence-electron chi connectivity index (χ1n) is 9.74. The zero-order valence-corrected chi connectivity index (χ0v) is 15.1. The molecule has 3 rings (SSSR count). The molecule has 24 heavy (non-hydrogen) atoms. The van der Waals surface area contributed by atoms with Crippen molar-refractivity contribution in [2.45, 2.75) is 64.6 Å². The van der Waals surface area contributed by atoms with Gasteiger partial charge in [0.25, 0.3) is 0 Å². The van der Waals surface area contributed by atoms with Gasteiger partial charge < -0.3 is 10.0 Å². The fourth-order valence-electron chi connectivity index (χ4n) is 3.82. The fourth-order valence-corrected chi connectivity index (χ4v) is 3.82. The number of aromatic nitrogens is 3. The Labute approximate surface area is 145 Å². The number of likely N-dealkylation sites (tertiary alicyclic amines) is 2. The van der Waals surface area contributed by atoms with Gasteiger partial charge >= 0.3 is 0 Å². The molecule has 1 aromatic heterocycles. The number of piperidine rings is 1. The number of hydrogen-bond acceptors (Lipinski definition) is 5. The minimum Gasteiger partial charge on any atom is -0.390 e. The molecule has 2 aliphatic rings. The van der Waals surface area contributed by atoms with E-state index in [1.165, 1.54) is 58.2 Å². The SMILES string of the molecule is CCCCCCN1CCC(Cn2cc(CN3CC(O)C3)nn2)CC1. The van der Waals surface area contributed by atoms with Gasteiger partial charge in [-0.3, -0.25) is 9.58 Å². The number of aliphatic hydroxyl groups is 1. The molecular formula is C18H33N5O. The van der Waals surface area contributed by atoms with Crippen molar-refractivity contribution in [1.82, 2.24) is 24.8 Å². The first-order chi connectivity index (χ1) is 11.7. The van der Waals surface area contributed by atoms with E-state index in [0.717, 1.165) is 37.8 Å². The smallest absolute Gasteiger partial charge is 0.0967 e. The van der Waals surface area contributed by atoms with Gasteiger partial charge in [-0.1, -0.05) is 31.4 Å². The number of β-amino-alcohol motifs (C(OH)–C–C–N with tert-alkyl or cyclic N) is 1. The van der Waals surface area contributed by atoms with Crippen LogP contribution in [0.4, 0.5) is 0 Å². The van der Waals surface area contributed by atoms with E-state index >= 15 is 0 Å². The van der Waals surface area contributed by atoms with Gasteiger partial charge in [0.1, 0.15) is 0 Å². The fraction of sp³-hybridized carbons (Fsp3) is 0.889. The number of hydrogen-bond donors (Lipinski definition) is 1. The summed E-state index contributed by atoms with van der Waals surface area (Å²) in [6.07, 6.45) is 9.93. The van der Waals surface area contributed by atoms with Gasteiger partial charge in [-0.25, -0.2) is 0 Å². The molecule has 0 aromatic carbocycles. The second kappa shape index (κ2) is 8.92. The monoisotopic (exact) mass is 335 g/mol. The highest BCUT2D eigenvalue weighted by molar-refractivity contribution is 4.95. The lowest BCUT2D eigenvalue weighted by Crippen LogP contribution is -2.49. The largest absolute Gasteiger partial charge is 0.390 e. The van der Waals surface area contributed by atoms with Crippen LogP contribution in [0.1, 0.15) is 51.1 Å². The van der Waals surface area contributed by atoms with Crippen molar-refractivity contribution < 1.29 is 5.11 Å². The van der Waals surface area contributed by atoms with Crippen molar-refractivity contribution in [3.63, 3.8) is 0 Å². The number of rotatable bonds is 9. The van der Waals surface area contributed by atoms with Crippen LogP contribution in [-0.4, -0.2) is 68.7 Å². The summed E-state index contributed by atoms with van der Waals surface area (Å²) in [5.74, 6) is 0.734. The first-order valence-corrected chi connectivity index (χ1v) is 9.74. The third kappa shape index (κ3) is 5.26. The summed E-state index contributed by atoms with van der Waals surface area (Å²) in [7, 11) is 0. The summed E-state index contributed by atoms with van der Waals surface area (Å²) in [4.78, 5) is 4.84. The normalized spacial score (nSPS) is 21.2. The van der Waals surface area contributed by atoms with E-state index in [-0.39, 0.29) is 6.10 Å². The third-order valence-electron chi connectivity index (χ3n) is 5.39. The standard InChI is InChI=1S/C18H33N5O/c1-2-3-4-5-8-21-9-6-16(7-10-21)11-23-13-17(19-20-23)12-22-14-18(24)15-22/h13,16,18,24H,2-12,14-15H2,1H3. The van der Waals surface area contributed by atoms with Crippen LogP contribution in [0.3, 0.4) is 0 Å². The van der Waals surface area contributed by atoms with E-state index in [4.69, 9.17) is 0 Å². The quantitative estimate of drug-likeness (QED) is 0.697. The van der Waals surface area contributed by atoms with Crippen LogP contribution in [0.5, 0.6) is 0 Å². The third-order valence-corrected chi connectivity index (χ3v) is 5.39. The van der Waals surface area contributed by atoms with Crippen molar-refractivity contribution in [2.24, 2.45) is 5.92 Å². The molecule has 2 aliphatic heterocycles. The number of nitrogens with zero attached hydrogens (tertiary/aromatic N) is 5. The van der Waals surface area contributed by atoms with Crippen LogP contribution < -0.4 is 0 Å². The van der Waals surface area contributed by atoms with Gasteiger partial charge in [-0.2, -0.15) is 0 Å². The van der Waals surface area contributed by atoms with Gasteiger partial charge in [-0.05, 0) is 44.8 Å². The van der Waals surface area contributed by atoms with Crippen molar-refractivity contribution in [3.05, 3.63) is 11.9 Å². The topological polar surface area (TPSA) is 57.4 Å². The van der Waals surface area contributed by atoms with Crippen molar-refractivity contribution >= 4 is 0 Å². The van der Waals surface area contributed by atoms with Crippen LogP contribution >= 0.6 is 0 Å². The summed E-state index contributed by atoms with van der Waals surface area (Å²) in [5.41, 5.74) is 1.02. The van der Waals surface area contributed by atoms with E-state index in [1.54, 1.807) is 0 Å². The predicted octanol–water partition coefficient (Wildman–Crippen LogP) is 1.75. The Morgan fingerprint density at radius 3 is 2.62 bits per heavy atom. The molecule has 6 nitrogen and oxygen atoms in total. The Hall–Kier alpha value is -0.980. The van der Waals surface area contributed by atoms with Crippen LogP contribution in [0.15, 0.2) is 6.20 Å². The van der Waals surface area contributed by atoms with Gasteiger partial charge in [0.2, 0.25) is 0 Å². The highest BCUT2D eigenvalue weighted by atomic mass is 16.3. The Kier molecular flexibility index (Phi) is 6.63. The number of unbranched alkanes of at least 4 members (excludes halogenated alkanes) is 3. The first kappa shape index (κ1) is 17.8. The predicted molar refractivity (Wildman–Crippen MR) is 94.6 cm³/mol. The molecule has 1 aromatic rings. The molecule has 0 aliphatic carbocycles. The molecule has 2 fully saturated rings. The lowest BCUT2D eigenvalue weighted by molar-refractivity contribution is -0.00356. The lowest BCUT2D eigenvalue weighted by Gasteiger charge is -2.34. The molecule has 136 valence electrons. The van der Waals surface area contributed by atoms with Gasteiger partial charge in [-0.15, -0.1) is 5.10 Å². The zero-order valence-electron chi connectivity index (χ0n) is 15.1. The molecular weight excluding hydrogens is 302 g/mol. The average Bonchev–Trinajstić information content (AvgIpc) is 2.99. The Bertz CT molecular complexity index is 478. The molecule has 0 atom stereocenters. The summed E-state index contributed by atoms with van der Waals surface area (Å²) in [6, 6.07) is 0. The Morgan fingerprint density at radius 2 is 1.92 bits per heavy atom. The molecule has 0 unspecified atom stereocenters. The van der Waals surface area contributed by atoms with Crippen molar-refractivity contribution in [3.8, 4) is 0 Å². The van der Waals surface area contributed by atoms with Gasteiger partial charge in [0, 0.05) is 32.4 Å². The second-order valence-corrected chi connectivity index (χ2v) is 7.63. The van der Waals surface area contributed by atoms with Crippen molar-refractivity contribution in [1.29, 1.82) is 0 Å². The molecule has 6 heteroatoms. The molecule has 2 saturated heterocycles. The van der Waals surface area contributed by atoms with E-state index in [1.807, 2.05) is 4.68 Å². The van der Waals surface area contributed by atoms with Crippen molar-refractivity contribution in [2.75, 3.05) is 32.7 Å². The van der Waals surface area contributed by atoms with Gasteiger partial charge in [0.05, 0.1) is 11.8 Å². The molecule has 3 heterocycles. The zero-order chi connectivity index (χ0) is 16.8. The summed E-state index contributed by atoms with van der Waals surface area (Å²) < 4.78 is 2.02. The highest BCUT2D eigenvalue weighted by Crippen LogP contribution is 2.20. The van der Waals surface area contributed by atoms with Crippen LogP contribution in [0.25, 0.3) is 0 Å². The maximum atomic E-state index is 9.33. The Balaban J connectivity index is 1.33. The van der Waals surface area contributed by atoms with E-state index < -0.39 is 0 Å². The Morgan fingerprint density at radius 1 is 1.12 bits per heavy atom. The summed E-state index contributed by atoms with van der Waals surface area (Å²) >= 11 is 0. The number of aliphatic hydroxyl groups excluding tert-OH is 1. The van der Waals surface area contributed by atoms with Crippen LogP contribution in [0, 0.1) is 5.92 Å².